The predicted molar refractivity (Wildman–Crippen MR) is 95.2 cm³/mol. The van der Waals surface area contributed by atoms with Crippen molar-refractivity contribution in [1.29, 1.82) is 0 Å². The maximum atomic E-state index is 12.2. The topological polar surface area (TPSA) is 72.5 Å². The summed E-state index contributed by atoms with van der Waals surface area (Å²) >= 11 is 1.43. The third-order valence-electron chi connectivity index (χ3n) is 3.96. The van der Waals surface area contributed by atoms with Crippen molar-refractivity contribution >= 4 is 34.8 Å². The average Bonchev–Trinajstić information content (AvgIpc) is 3.23. The number of benzene rings is 1. The van der Waals surface area contributed by atoms with E-state index in [2.05, 4.69) is 21.7 Å². The molecular formula is C16H18ClN3O3S. The summed E-state index contributed by atoms with van der Waals surface area (Å²) in [6.45, 7) is 2.48. The number of hydrogen-bond acceptors (Lipinski definition) is 6. The van der Waals surface area contributed by atoms with Crippen molar-refractivity contribution in [2.75, 3.05) is 31.7 Å². The molecule has 1 unspecified atom stereocenters. The Morgan fingerprint density at radius 3 is 3.12 bits per heavy atom. The number of halogens is 1. The Morgan fingerprint density at radius 1 is 1.38 bits per heavy atom. The van der Waals surface area contributed by atoms with E-state index in [1.54, 1.807) is 0 Å². The molecule has 0 spiro atoms. The molecule has 2 N–H and O–H groups in total. The number of rotatable bonds is 3. The van der Waals surface area contributed by atoms with E-state index in [1.165, 1.54) is 16.9 Å². The number of fused-ring (bicyclic) bond motifs is 1. The fourth-order valence-corrected chi connectivity index (χ4v) is 3.46. The van der Waals surface area contributed by atoms with Crippen molar-refractivity contribution in [2.45, 2.75) is 12.5 Å². The van der Waals surface area contributed by atoms with Crippen molar-refractivity contribution in [1.82, 2.24) is 10.3 Å². The van der Waals surface area contributed by atoms with E-state index in [-0.39, 0.29) is 24.4 Å². The monoisotopic (exact) mass is 367 g/mol. The molecule has 3 heterocycles. The molecular weight excluding hydrogens is 350 g/mol. The highest BCUT2D eigenvalue weighted by Gasteiger charge is 2.22. The zero-order chi connectivity index (χ0) is 15.6. The Labute approximate surface area is 150 Å². The lowest BCUT2D eigenvalue weighted by molar-refractivity contribution is -0.120. The summed E-state index contributed by atoms with van der Waals surface area (Å²) < 4.78 is 10.8. The van der Waals surface area contributed by atoms with Crippen LogP contribution >= 0.6 is 23.7 Å². The number of aromatic nitrogens is 1. The first kappa shape index (κ1) is 17.2. The Bertz CT molecular complexity index is 731. The molecule has 2 aromatic rings. The molecule has 4 rings (SSSR count). The van der Waals surface area contributed by atoms with Crippen LogP contribution in [0.3, 0.4) is 0 Å². The number of hydrogen-bond donors (Lipinski definition) is 2. The third kappa shape index (κ3) is 3.54. The number of carbonyl (C=O) groups excluding carboxylic acids is 1. The second-order valence-corrected chi connectivity index (χ2v) is 6.39. The van der Waals surface area contributed by atoms with Crippen molar-refractivity contribution in [2.24, 2.45) is 0 Å². The molecule has 8 heteroatoms. The molecule has 2 aliphatic heterocycles. The molecule has 6 nitrogen and oxygen atoms in total. The van der Waals surface area contributed by atoms with Gasteiger partial charge in [-0.2, -0.15) is 0 Å². The Hall–Kier alpha value is -1.67. The van der Waals surface area contributed by atoms with Crippen LogP contribution in [0.2, 0.25) is 0 Å². The molecule has 1 aromatic heterocycles. The van der Waals surface area contributed by atoms with Crippen LogP contribution in [0.1, 0.15) is 5.56 Å². The maximum absolute atomic E-state index is 12.2. The van der Waals surface area contributed by atoms with E-state index in [0.29, 0.717) is 24.9 Å². The van der Waals surface area contributed by atoms with E-state index in [0.717, 1.165) is 30.0 Å². The van der Waals surface area contributed by atoms with E-state index in [9.17, 15) is 4.79 Å². The fraction of sp³-hybridized carbons (Fsp3) is 0.375. The van der Waals surface area contributed by atoms with Crippen molar-refractivity contribution in [3.05, 3.63) is 29.1 Å². The fourth-order valence-electron chi connectivity index (χ4n) is 2.74. The van der Waals surface area contributed by atoms with Crippen molar-refractivity contribution < 1.29 is 14.3 Å². The largest absolute Gasteiger partial charge is 0.493 e. The van der Waals surface area contributed by atoms with Gasteiger partial charge in [-0.3, -0.25) is 4.79 Å². The van der Waals surface area contributed by atoms with Crippen LogP contribution in [0.4, 0.5) is 5.13 Å². The van der Waals surface area contributed by atoms with Crippen LogP contribution in [0, 0.1) is 0 Å². The molecule has 0 saturated carbocycles. The number of thiazole rings is 1. The van der Waals surface area contributed by atoms with Gasteiger partial charge in [-0.1, -0.05) is 0 Å². The van der Waals surface area contributed by atoms with Gasteiger partial charge in [0.25, 0.3) is 0 Å². The summed E-state index contributed by atoms with van der Waals surface area (Å²) in [7, 11) is 0. The van der Waals surface area contributed by atoms with Gasteiger partial charge in [0.05, 0.1) is 25.5 Å². The van der Waals surface area contributed by atoms with Crippen molar-refractivity contribution in [3.63, 3.8) is 0 Å². The first-order chi connectivity index (χ1) is 11.3. The van der Waals surface area contributed by atoms with Crippen molar-refractivity contribution in [3.8, 4) is 17.0 Å². The molecule has 2 aliphatic rings. The highest BCUT2D eigenvalue weighted by molar-refractivity contribution is 7.14. The molecule has 24 heavy (non-hydrogen) atoms. The van der Waals surface area contributed by atoms with Gasteiger partial charge in [0, 0.05) is 23.9 Å². The van der Waals surface area contributed by atoms with Gasteiger partial charge in [0.2, 0.25) is 5.91 Å². The quantitative estimate of drug-likeness (QED) is 0.869. The zero-order valence-electron chi connectivity index (χ0n) is 12.9. The van der Waals surface area contributed by atoms with Gasteiger partial charge in [-0.25, -0.2) is 4.98 Å². The summed E-state index contributed by atoms with van der Waals surface area (Å²) in [6, 6.07) is 5.78. The minimum Gasteiger partial charge on any atom is -0.493 e. The van der Waals surface area contributed by atoms with Crippen LogP contribution in [0.15, 0.2) is 23.6 Å². The zero-order valence-corrected chi connectivity index (χ0v) is 14.5. The van der Waals surface area contributed by atoms with Crippen LogP contribution < -0.4 is 15.4 Å². The summed E-state index contributed by atoms with van der Waals surface area (Å²) in [4.78, 5) is 16.7. The molecule has 0 aliphatic carbocycles. The summed E-state index contributed by atoms with van der Waals surface area (Å²) in [6.07, 6.45) is 0.935. The first-order valence-electron chi connectivity index (χ1n) is 7.63. The molecule has 0 radical (unpaired) electrons. The SMILES string of the molecule is Cl.O=C(Nc1nc(-c2ccc3c(c2)CCO3)cs1)C1COCCN1. The number of ether oxygens (including phenoxy) is 2. The number of anilines is 1. The molecule has 1 aromatic carbocycles. The predicted octanol–water partition coefficient (Wildman–Crippen LogP) is 2.09. The molecule has 128 valence electrons. The number of morpholine rings is 1. The molecule has 1 atom stereocenters. The highest BCUT2D eigenvalue weighted by Crippen LogP contribution is 2.31. The first-order valence-corrected chi connectivity index (χ1v) is 8.51. The standard InChI is InChI=1S/C16H17N3O3S.ClH/c20-15(12-8-21-6-4-17-12)19-16-18-13(9-23-16)10-1-2-14-11(7-10)3-5-22-14;/h1-2,7,9,12,17H,3-6,8H2,(H,18,19,20);1H. The van der Waals surface area contributed by atoms with Gasteiger partial charge in [-0.15, -0.1) is 23.7 Å². The van der Waals surface area contributed by atoms with E-state index >= 15 is 0 Å². The van der Waals surface area contributed by atoms with Crippen LogP contribution in [-0.2, 0) is 16.0 Å². The Balaban J connectivity index is 0.00000169. The van der Waals surface area contributed by atoms with Gasteiger partial charge >= 0.3 is 0 Å². The van der Waals surface area contributed by atoms with E-state index in [1.807, 2.05) is 17.5 Å². The van der Waals surface area contributed by atoms with Crippen LogP contribution in [-0.4, -0.2) is 43.3 Å². The summed E-state index contributed by atoms with van der Waals surface area (Å²) in [5.41, 5.74) is 3.13. The molecule has 1 fully saturated rings. The molecule has 1 saturated heterocycles. The van der Waals surface area contributed by atoms with Gasteiger partial charge in [-0.05, 0) is 23.8 Å². The Morgan fingerprint density at radius 2 is 2.29 bits per heavy atom. The normalized spacial score (nSPS) is 19.1. The average molecular weight is 368 g/mol. The lowest BCUT2D eigenvalue weighted by Crippen LogP contribution is -2.48. The van der Waals surface area contributed by atoms with Crippen LogP contribution in [0.25, 0.3) is 11.3 Å². The lowest BCUT2D eigenvalue weighted by Gasteiger charge is -2.22. The number of amides is 1. The number of nitrogens with zero attached hydrogens (tertiary/aromatic N) is 1. The number of nitrogens with one attached hydrogen (secondary N) is 2. The Kier molecular flexibility index (Phi) is 5.35. The maximum Gasteiger partial charge on any atom is 0.245 e. The lowest BCUT2D eigenvalue weighted by atomic mass is 10.1. The minimum absolute atomic E-state index is 0. The summed E-state index contributed by atoms with van der Waals surface area (Å²) in [5.74, 6) is 0.855. The van der Waals surface area contributed by atoms with Gasteiger partial charge in [0.1, 0.15) is 11.8 Å². The van der Waals surface area contributed by atoms with Gasteiger partial charge in [0.15, 0.2) is 5.13 Å². The van der Waals surface area contributed by atoms with Gasteiger partial charge < -0.3 is 20.1 Å². The third-order valence-corrected chi connectivity index (χ3v) is 4.72. The highest BCUT2D eigenvalue weighted by atomic mass is 35.5. The smallest absolute Gasteiger partial charge is 0.245 e. The van der Waals surface area contributed by atoms with E-state index in [4.69, 9.17) is 9.47 Å². The second kappa shape index (κ2) is 7.48. The minimum atomic E-state index is -0.312. The van der Waals surface area contributed by atoms with E-state index < -0.39 is 0 Å². The molecule has 0 bridgehead atoms. The summed E-state index contributed by atoms with van der Waals surface area (Å²) in [5, 5.41) is 8.55. The van der Waals surface area contributed by atoms with Crippen LogP contribution in [0.5, 0.6) is 5.75 Å². The number of carbonyl (C=O) groups is 1. The molecule has 1 amide bonds. The second-order valence-electron chi connectivity index (χ2n) is 5.53.